The molecule has 0 aliphatic carbocycles. The van der Waals surface area contributed by atoms with Gasteiger partial charge in [-0.25, -0.2) is 9.37 Å². The largest absolute Gasteiger partial charge is 0.507 e. The van der Waals surface area contributed by atoms with Crippen molar-refractivity contribution in [3.8, 4) is 17.0 Å². The van der Waals surface area contributed by atoms with Crippen LogP contribution < -0.4 is 0 Å². The second-order valence-electron chi connectivity index (χ2n) is 6.81. The Balaban J connectivity index is 1.81. The number of fused-ring (bicyclic) bond motifs is 1. The molecule has 136 valence electrons. The summed E-state index contributed by atoms with van der Waals surface area (Å²) in [4.78, 5) is 6.88. The van der Waals surface area contributed by atoms with E-state index in [1.807, 2.05) is 6.92 Å². The third kappa shape index (κ3) is 2.91. The number of aromatic nitrogens is 4. The molecule has 1 aliphatic heterocycles. The Hall–Kier alpha value is -2.25. The molecule has 1 fully saturated rings. The number of phenolic OH excluding ortho intramolecular Hbond substituents is 1. The molecule has 1 aliphatic rings. The van der Waals surface area contributed by atoms with Gasteiger partial charge in [0.05, 0.1) is 5.56 Å². The molecule has 0 bridgehead atoms. The minimum absolute atomic E-state index is 0.0200. The SMILES string of the molecule is Cc1nc2cc(-c3c(O)cc(Cl)cc3F)nnc2n1[C@@H]1CCCN(C)C1. The molecule has 0 amide bonds. The van der Waals surface area contributed by atoms with Crippen LogP contribution in [0.15, 0.2) is 18.2 Å². The average Bonchev–Trinajstić information content (AvgIpc) is 2.89. The lowest BCUT2D eigenvalue weighted by Gasteiger charge is -2.31. The van der Waals surface area contributed by atoms with Gasteiger partial charge in [-0.2, -0.15) is 0 Å². The number of imidazole rings is 1. The van der Waals surface area contributed by atoms with Gasteiger partial charge >= 0.3 is 0 Å². The van der Waals surface area contributed by atoms with Gasteiger partial charge in [0, 0.05) is 17.6 Å². The highest BCUT2D eigenvalue weighted by Gasteiger charge is 2.24. The number of nitrogens with zero attached hydrogens (tertiary/aromatic N) is 5. The number of aromatic hydroxyl groups is 1. The molecule has 0 saturated carbocycles. The van der Waals surface area contributed by atoms with E-state index in [-0.39, 0.29) is 22.0 Å². The fraction of sp³-hybridized carbons (Fsp3) is 0.389. The second kappa shape index (κ2) is 6.48. The standard InChI is InChI=1S/C18H19ClFN5O/c1-10-21-15-8-14(17-13(20)6-11(19)7-16(17)26)22-23-18(15)25(10)12-4-3-5-24(2)9-12/h6-8,12,26H,3-5,9H2,1-2H3/t12-/m1/s1. The lowest BCUT2D eigenvalue weighted by atomic mass is 10.1. The molecule has 0 radical (unpaired) electrons. The van der Waals surface area contributed by atoms with Crippen LogP contribution in [0.2, 0.25) is 5.02 Å². The zero-order chi connectivity index (χ0) is 18.4. The maximum Gasteiger partial charge on any atom is 0.182 e. The van der Waals surface area contributed by atoms with E-state index in [1.54, 1.807) is 6.07 Å². The van der Waals surface area contributed by atoms with E-state index >= 15 is 0 Å². The molecule has 3 heterocycles. The van der Waals surface area contributed by atoms with E-state index in [2.05, 4.69) is 31.7 Å². The van der Waals surface area contributed by atoms with Crippen LogP contribution in [0.4, 0.5) is 4.39 Å². The number of benzene rings is 1. The van der Waals surface area contributed by atoms with Crippen molar-refractivity contribution in [2.75, 3.05) is 20.1 Å². The number of likely N-dealkylation sites (tertiary alicyclic amines) is 1. The van der Waals surface area contributed by atoms with Crippen LogP contribution >= 0.6 is 11.6 Å². The zero-order valence-electron chi connectivity index (χ0n) is 14.6. The highest BCUT2D eigenvalue weighted by molar-refractivity contribution is 6.30. The lowest BCUT2D eigenvalue weighted by molar-refractivity contribution is 0.212. The van der Waals surface area contributed by atoms with Gasteiger partial charge in [-0.1, -0.05) is 11.6 Å². The number of piperidine rings is 1. The van der Waals surface area contributed by atoms with E-state index in [0.29, 0.717) is 17.2 Å². The summed E-state index contributed by atoms with van der Waals surface area (Å²) >= 11 is 5.77. The Bertz CT molecular complexity index is 966. The van der Waals surface area contributed by atoms with E-state index in [0.717, 1.165) is 37.8 Å². The summed E-state index contributed by atoms with van der Waals surface area (Å²) in [5.74, 6) is -0.0602. The first-order chi connectivity index (χ1) is 12.4. The summed E-state index contributed by atoms with van der Waals surface area (Å²) < 4.78 is 16.4. The second-order valence-corrected chi connectivity index (χ2v) is 7.24. The van der Waals surface area contributed by atoms with Crippen LogP contribution in [0.25, 0.3) is 22.4 Å². The molecule has 2 aromatic heterocycles. The minimum Gasteiger partial charge on any atom is -0.507 e. The first-order valence-corrected chi connectivity index (χ1v) is 8.91. The number of hydrogen-bond donors (Lipinski definition) is 1. The monoisotopic (exact) mass is 375 g/mol. The van der Waals surface area contributed by atoms with Crippen LogP contribution in [-0.4, -0.2) is 49.9 Å². The minimum atomic E-state index is -0.645. The normalized spacial score (nSPS) is 18.5. The average molecular weight is 376 g/mol. The number of rotatable bonds is 2. The van der Waals surface area contributed by atoms with Crippen molar-refractivity contribution < 1.29 is 9.50 Å². The summed E-state index contributed by atoms with van der Waals surface area (Å²) in [6.45, 7) is 3.96. The number of hydrogen-bond acceptors (Lipinski definition) is 5. The fourth-order valence-corrected chi connectivity index (χ4v) is 3.93. The highest BCUT2D eigenvalue weighted by Crippen LogP contribution is 2.34. The maximum absolute atomic E-state index is 14.3. The Morgan fingerprint density at radius 3 is 2.81 bits per heavy atom. The predicted octanol–water partition coefficient (Wildman–Crippen LogP) is 3.57. The van der Waals surface area contributed by atoms with Gasteiger partial charge in [0.2, 0.25) is 0 Å². The molecule has 0 spiro atoms. The summed E-state index contributed by atoms with van der Waals surface area (Å²) in [6.07, 6.45) is 2.18. The van der Waals surface area contributed by atoms with E-state index in [1.165, 1.54) is 6.07 Å². The van der Waals surface area contributed by atoms with Crippen molar-refractivity contribution >= 4 is 22.8 Å². The molecule has 1 aromatic carbocycles. The molecule has 8 heteroatoms. The van der Waals surface area contributed by atoms with Crippen molar-refractivity contribution in [2.45, 2.75) is 25.8 Å². The topological polar surface area (TPSA) is 67.1 Å². The summed E-state index contributed by atoms with van der Waals surface area (Å²) in [5, 5.41) is 18.6. The van der Waals surface area contributed by atoms with E-state index in [9.17, 15) is 9.50 Å². The molecule has 26 heavy (non-hydrogen) atoms. The molecule has 0 unspecified atom stereocenters. The Morgan fingerprint density at radius 2 is 2.08 bits per heavy atom. The molecular weight excluding hydrogens is 357 g/mol. The third-order valence-corrected chi connectivity index (χ3v) is 5.09. The molecule has 3 aromatic rings. The zero-order valence-corrected chi connectivity index (χ0v) is 15.3. The van der Waals surface area contributed by atoms with Crippen LogP contribution in [-0.2, 0) is 0 Å². The predicted molar refractivity (Wildman–Crippen MR) is 97.9 cm³/mol. The summed E-state index contributed by atoms with van der Waals surface area (Å²) in [5.41, 5.74) is 1.53. The van der Waals surface area contributed by atoms with Gasteiger partial charge in [-0.3, -0.25) is 0 Å². The Kier molecular flexibility index (Phi) is 4.28. The van der Waals surface area contributed by atoms with Gasteiger partial charge in [0.25, 0.3) is 0 Å². The number of halogens is 2. The van der Waals surface area contributed by atoms with Crippen molar-refractivity contribution in [1.29, 1.82) is 0 Å². The highest BCUT2D eigenvalue weighted by atomic mass is 35.5. The maximum atomic E-state index is 14.3. The Labute approximate surface area is 155 Å². The molecular formula is C18H19ClFN5O. The molecule has 1 N–H and O–H groups in total. The fourth-order valence-electron chi connectivity index (χ4n) is 3.73. The van der Waals surface area contributed by atoms with Gasteiger partial charge < -0.3 is 14.6 Å². The van der Waals surface area contributed by atoms with Crippen molar-refractivity contribution in [3.05, 3.63) is 34.9 Å². The van der Waals surface area contributed by atoms with Crippen LogP contribution in [0.3, 0.4) is 0 Å². The van der Waals surface area contributed by atoms with Gasteiger partial charge in [0.1, 0.15) is 28.6 Å². The third-order valence-electron chi connectivity index (χ3n) is 4.87. The first kappa shape index (κ1) is 17.2. The molecule has 6 nitrogen and oxygen atoms in total. The lowest BCUT2D eigenvalue weighted by Crippen LogP contribution is -2.34. The van der Waals surface area contributed by atoms with Crippen molar-refractivity contribution in [2.24, 2.45) is 0 Å². The van der Waals surface area contributed by atoms with Crippen LogP contribution in [0, 0.1) is 12.7 Å². The van der Waals surface area contributed by atoms with Gasteiger partial charge in [0.15, 0.2) is 5.65 Å². The number of phenols is 1. The van der Waals surface area contributed by atoms with Crippen LogP contribution in [0.5, 0.6) is 5.75 Å². The molecule has 1 saturated heterocycles. The van der Waals surface area contributed by atoms with Crippen molar-refractivity contribution in [1.82, 2.24) is 24.6 Å². The van der Waals surface area contributed by atoms with Crippen molar-refractivity contribution in [3.63, 3.8) is 0 Å². The molecule has 1 atom stereocenters. The summed E-state index contributed by atoms with van der Waals surface area (Å²) in [6, 6.07) is 4.38. The van der Waals surface area contributed by atoms with E-state index < -0.39 is 5.82 Å². The Morgan fingerprint density at radius 1 is 1.27 bits per heavy atom. The van der Waals surface area contributed by atoms with Gasteiger partial charge in [-0.05, 0) is 51.6 Å². The van der Waals surface area contributed by atoms with Gasteiger partial charge in [-0.15, -0.1) is 10.2 Å². The number of aryl methyl sites for hydroxylation is 1. The van der Waals surface area contributed by atoms with Crippen LogP contribution in [0.1, 0.15) is 24.7 Å². The quantitative estimate of drug-likeness (QED) is 0.741. The molecule has 4 rings (SSSR count). The van der Waals surface area contributed by atoms with E-state index in [4.69, 9.17) is 11.6 Å². The summed E-state index contributed by atoms with van der Waals surface area (Å²) in [7, 11) is 2.11. The smallest absolute Gasteiger partial charge is 0.182 e. The number of likely N-dealkylation sites (N-methyl/N-ethyl adjacent to an activating group) is 1. The first-order valence-electron chi connectivity index (χ1n) is 8.53.